The molecule has 1 aromatic carbocycles. The first-order valence-corrected chi connectivity index (χ1v) is 9.12. The van der Waals surface area contributed by atoms with Crippen molar-refractivity contribution >= 4 is 40.5 Å². The Morgan fingerprint density at radius 3 is 2.89 bits per heavy atom. The van der Waals surface area contributed by atoms with Crippen molar-refractivity contribution in [2.45, 2.75) is 6.10 Å². The molecule has 1 saturated heterocycles. The third-order valence-corrected chi connectivity index (χ3v) is 4.36. The molecule has 0 spiro atoms. The zero-order valence-electron chi connectivity index (χ0n) is 14.4. The van der Waals surface area contributed by atoms with E-state index in [1.807, 2.05) is 0 Å². The average Bonchev–Trinajstić information content (AvgIpc) is 2.67. The molecule has 2 aromatic rings. The molecule has 1 atom stereocenters. The van der Waals surface area contributed by atoms with Crippen LogP contribution in [-0.2, 0) is 4.74 Å². The predicted octanol–water partition coefficient (Wildman–Crippen LogP) is 2.31. The highest BCUT2D eigenvalue weighted by Crippen LogP contribution is 2.21. The van der Waals surface area contributed by atoms with E-state index in [2.05, 4.69) is 10.3 Å². The van der Waals surface area contributed by atoms with E-state index in [9.17, 15) is 4.79 Å². The highest BCUT2D eigenvalue weighted by Gasteiger charge is 2.25. The van der Waals surface area contributed by atoms with Gasteiger partial charge < -0.3 is 25.4 Å². The van der Waals surface area contributed by atoms with Gasteiger partial charge in [0, 0.05) is 24.0 Å². The number of benzene rings is 1. The summed E-state index contributed by atoms with van der Waals surface area (Å²) in [4.78, 5) is 18.4. The van der Waals surface area contributed by atoms with Crippen LogP contribution in [0.25, 0.3) is 0 Å². The van der Waals surface area contributed by atoms with E-state index in [0.29, 0.717) is 36.2 Å². The number of rotatable bonds is 5. The molecule has 0 bridgehead atoms. The van der Waals surface area contributed by atoms with Crippen molar-refractivity contribution in [1.82, 2.24) is 9.88 Å². The first kappa shape index (κ1) is 19.3. The van der Waals surface area contributed by atoms with Crippen LogP contribution in [0.2, 0.25) is 5.15 Å². The second-order valence-electron chi connectivity index (χ2n) is 5.91. The number of carbonyl (C=O) groups excluding carboxylic acids is 1. The van der Waals surface area contributed by atoms with Gasteiger partial charge in [0.2, 0.25) is 0 Å². The molecular formula is C18H19ClN4O3S. The Morgan fingerprint density at radius 1 is 1.41 bits per heavy atom. The van der Waals surface area contributed by atoms with Crippen molar-refractivity contribution in [3.05, 3.63) is 53.3 Å². The van der Waals surface area contributed by atoms with Crippen LogP contribution in [0.1, 0.15) is 10.4 Å². The number of hydrogen-bond acceptors (Lipinski definition) is 5. The highest BCUT2D eigenvalue weighted by molar-refractivity contribution is 7.80. The van der Waals surface area contributed by atoms with Gasteiger partial charge in [-0.25, -0.2) is 4.98 Å². The number of nitrogens with zero attached hydrogens (tertiary/aromatic N) is 2. The van der Waals surface area contributed by atoms with Crippen LogP contribution < -0.4 is 15.8 Å². The fraction of sp³-hybridized carbons (Fsp3) is 0.278. The summed E-state index contributed by atoms with van der Waals surface area (Å²) in [6.45, 7) is 1.69. The van der Waals surface area contributed by atoms with Gasteiger partial charge in [0.05, 0.1) is 13.2 Å². The molecule has 0 aliphatic carbocycles. The molecule has 0 saturated carbocycles. The summed E-state index contributed by atoms with van der Waals surface area (Å²) in [5, 5.41) is 3.30. The number of nitrogens with two attached hydrogens (primary N) is 1. The van der Waals surface area contributed by atoms with Gasteiger partial charge in [-0.2, -0.15) is 0 Å². The maximum Gasteiger partial charge on any atom is 0.254 e. The van der Waals surface area contributed by atoms with E-state index in [4.69, 9.17) is 39.0 Å². The zero-order valence-corrected chi connectivity index (χ0v) is 16.0. The third-order valence-electron chi connectivity index (χ3n) is 3.97. The molecular weight excluding hydrogens is 388 g/mol. The Hall–Kier alpha value is -2.42. The molecule has 142 valence electrons. The van der Waals surface area contributed by atoms with Crippen LogP contribution in [-0.4, -0.2) is 53.3 Å². The van der Waals surface area contributed by atoms with E-state index in [-0.39, 0.29) is 23.7 Å². The molecule has 7 nitrogen and oxygen atoms in total. The lowest BCUT2D eigenvalue weighted by molar-refractivity contribution is -0.0401. The van der Waals surface area contributed by atoms with E-state index < -0.39 is 0 Å². The Balaban J connectivity index is 1.57. The second kappa shape index (κ2) is 8.98. The summed E-state index contributed by atoms with van der Waals surface area (Å²) in [6, 6.07) is 10.5. The summed E-state index contributed by atoms with van der Waals surface area (Å²) in [5.74, 6) is 0.428. The minimum Gasteiger partial charge on any atom is -0.488 e. The quantitative estimate of drug-likeness (QED) is 0.581. The second-order valence-corrected chi connectivity index (χ2v) is 6.71. The van der Waals surface area contributed by atoms with E-state index in [1.54, 1.807) is 47.5 Å². The molecule has 0 radical (unpaired) electrons. The van der Waals surface area contributed by atoms with Gasteiger partial charge in [0.15, 0.2) is 16.0 Å². The number of thiocarbonyl (C=S) groups is 1. The Labute approximate surface area is 167 Å². The standard InChI is InChI=1S/C18H19ClN4O3S/c19-16-15(2-1-7-21-16)26-11-14-10-23(8-9-25-14)17(24)12-3-5-13(6-4-12)22-18(20)27/h1-7,14H,8-11H2,(H3,20,22,27). The predicted molar refractivity (Wildman–Crippen MR) is 107 cm³/mol. The van der Waals surface area contributed by atoms with Crippen LogP contribution in [0.15, 0.2) is 42.6 Å². The van der Waals surface area contributed by atoms with Crippen LogP contribution in [0, 0.1) is 0 Å². The number of ether oxygens (including phenoxy) is 2. The van der Waals surface area contributed by atoms with Crippen molar-refractivity contribution in [1.29, 1.82) is 0 Å². The van der Waals surface area contributed by atoms with Gasteiger partial charge in [-0.05, 0) is 48.6 Å². The number of morpholine rings is 1. The van der Waals surface area contributed by atoms with Gasteiger partial charge >= 0.3 is 0 Å². The summed E-state index contributed by atoms with van der Waals surface area (Å²) in [5.41, 5.74) is 6.76. The van der Waals surface area contributed by atoms with Crippen molar-refractivity contribution in [2.75, 3.05) is 31.6 Å². The number of nitrogens with one attached hydrogen (secondary N) is 1. The summed E-state index contributed by atoms with van der Waals surface area (Å²) in [7, 11) is 0. The van der Waals surface area contributed by atoms with Crippen LogP contribution in [0.5, 0.6) is 5.75 Å². The van der Waals surface area contributed by atoms with Crippen LogP contribution in [0.4, 0.5) is 5.69 Å². The topological polar surface area (TPSA) is 89.7 Å². The monoisotopic (exact) mass is 406 g/mol. The van der Waals surface area contributed by atoms with Crippen LogP contribution >= 0.6 is 23.8 Å². The fourth-order valence-electron chi connectivity index (χ4n) is 2.69. The average molecular weight is 407 g/mol. The van der Waals surface area contributed by atoms with Crippen molar-refractivity contribution in [3.63, 3.8) is 0 Å². The smallest absolute Gasteiger partial charge is 0.254 e. The molecule has 1 aromatic heterocycles. The highest BCUT2D eigenvalue weighted by atomic mass is 35.5. The van der Waals surface area contributed by atoms with Crippen molar-refractivity contribution in [3.8, 4) is 5.75 Å². The minimum absolute atomic E-state index is 0.0652. The largest absolute Gasteiger partial charge is 0.488 e. The Bertz CT molecular complexity index is 819. The van der Waals surface area contributed by atoms with Gasteiger partial charge in [-0.1, -0.05) is 11.6 Å². The number of aromatic nitrogens is 1. The number of anilines is 1. The molecule has 1 aliphatic rings. The molecule has 3 N–H and O–H groups in total. The SMILES string of the molecule is NC(=S)Nc1ccc(C(=O)N2CCOC(COc3cccnc3Cl)C2)cc1. The Kier molecular flexibility index (Phi) is 6.44. The lowest BCUT2D eigenvalue weighted by atomic mass is 10.1. The van der Waals surface area contributed by atoms with E-state index in [0.717, 1.165) is 5.69 Å². The summed E-state index contributed by atoms with van der Waals surface area (Å²) in [6.07, 6.45) is 1.35. The van der Waals surface area contributed by atoms with E-state index >= 15 is 0 Å². The molecule has 3 rings (SSSR count). The number of pyridine rings is 1. The molecule has 1 aliphatic heterocycles. The van der Waals surface area contributed by atoms with Crippen LogP contribution in [0.3, 0.4) is 0 Å². The molecule has 2 heterocycles. The first-order valence-electron chi connectivity index (χ1n) is 8.33. The zero-order chi connectivity index (χ0) is 19.2. The molecule has 1 unspecified atom stereocenters. The summed E-state index contributed by atoms with van der Waals surface area (Å²) >= 11 is 10.8. The van der Waals surface area contributed by atoms with Gasteiger partial charge in [-0.3, -0.25) is 4.79 Å². The molecule has 27 heavy (non-hydrogen) atoms. The van der Waals surface area contributed by atoms with Crippen molar-refractivity contribution in [2.24, 2.45) is 5.73 Å². The fourth-order valence-corrected chi connectivity index (χ4v) is 2.98. The van der Waals surface area contributed by atoms with Gasteiger partial charge in [0.1, 0.15) is 12.7 Å². The number of halogens is 1. The van der Waals surface area contributed by atoms with Gasteiger partial charge in [0.25, 0.3) is 5.91 Å². The number of amides is 1. The maximum atomic E-state index is 12.7. The molecule has 1 fully saturated rings. The first-order chi connectivity index (χ1) is 13.0. The minimum atomic E-state index is -0.241. The van der Waals surface area contributed by atoms with Gasteiger partial charge in [-0.15, -0.1) is 0 Å². The maximum absolute atomic E-state index is 12.7. The number of hydrogen-bond donors (Lipinski definition) is 2. The third kappa shape index (κ3) is 5.29. The summed E-state index contributed by atoms with van der Waals surface area (Å²) < 4.78 is 11.4. The molecule has 9 heteroatoms. The normalized spacial score (nSPS) is 16.6. The number of carbonyl (C=O) groups is 1. The molecule has 1 amide bonds. The Morgan fingerprint density at radius 2 is 2.19 bits per heavy atom. The lowest BCUT2D eigenvalue weighted by Crippen LogP contribution is -2.47. The van der Waals surface area contributed by atoms with Crippen molar-refractivity contribution < 1.29 is 14.3 Å². The van der Waals surface area contributed by atoms with E-state index in [1.165, 1.54) is 0 Å². The lowest BCUT2D eigenvalue weighted by Gasteiger charge is -2.33.